The summed E-state index contributed by atoms with van der Waals surface area (Å²) in [6, 6.07) is 3.86. The van der Waals surface area contributed by atoms with Crippen LogP contribution in [0.25, 0.3) is 0 Å². The number of hydrogen-bond acceptors (Lipinski definition) is 3. The SMILES string of the molecule is CCn1nc(C)c(Cl)c1CC(O)c1ccc(C2CC2C)o1. The molecule has 1 N–H and O–H groups in total. The van der Waals surface area contributed by atoms with E-state index in [1.165, 1.54) is 6.42 Å². The van der Waals surface area contributed by atoms with E-state index in [-0.39, 0.29) is 0 Å². The number of hydrogen-bond donors (Lipinski definition) is 1. The molecule has 0 aliphatic heterocycles. The van der Waals surface area contributed by atoms with E-state index in [0.717, 1.165) is 23.7 Å². The molecule has 21 heavy (non-hydrogen) atoms. The Morgan fingerprint density at radius 1 is 1.52 bits per heavy atom. The molecule has 0 bridgehead atoms. The van der Waals surface area contributed by atoms with Crippen LogP contribution in [-0.4, -0.2) is 14.9 Å². The highest BCUT2D eigenvalue weighted by molar-refractivity contribution is 6.31. The van der Waals surface area contributed by atoms with E-state index in [9.17, 15) is 5.11 Å². The van der Waals surface area contributed by atoms with Gasteiger partial charge in [0.1, 0.15) is 17.6 Å². The van der Waals surface area contributed by atoms with Gasteiger partial charge in [-0.25, -0.2) is 0 Å². The fourth-order valence-corrected chi connectivity index (χ4v) is 3.03. The van der Waals surface area contributed by atoms with Crippen molar-refractivity contribution in [2.24, 2.45) is 5.92 Å². The van der Waals surface area contributed by atoms with Crippen LogP contribution < -0.4 is 0 Å². The highest BCUT2D eigenvalue weighted by Gasteiger charge is 2.37. The number of aryl methyl sites for hydroxylation is 2. The van der Waals surface area contributed by atoms with Crippen LogP contribution >= 0.6 is 11.6 Å². The van der Waals surface area contributed by atoms with Gasteiger partial charge in [0, 0.05) is 18.9 Å². The Balaban J connectivity index is 1.77. The van der Waals surface area contributed by atoms with Gasteiger partial charge in [-0.3, -0.25) is 4.68 Å². The Morgan fingerprint density at radius 3 is 2.86 bits per heavy atom. The second-order valence-electron chi connectivity index (χ2n) is 5.94. The number of aromatic nitrogens is 2. The van der Waals surface area contributed by atoms with E-state index < -0.39 is 6.10 Å². The normalized spacial score (nSPS) is 22.5. The maximum Gasteiger partial charge on any atom is 0.133 e. The molecule has 1 aliphatic carbocycles. The van der Waals surface area contributed by atoms with Gasteiger partial charge in [0.25, 0.3) is 0 Å². The monoisotopic (exact) mass is 308 g/mol. The Bertz CT molecular complexity index is 647. The third-order valence-corrected chi connectivity index (χ3v) is 4.78. The van der Waals surface area contributed by atoms with Gasteiger partial charge in [0.2, 0.25) is 0 Å². The second-order valence-corrected chi connectivity index (χ2v) is 6.32. The van der Waals surface area contributed by atoms with Crippen molar-refractivity contribution in [3.63, 3.8) is 0 Å². The van der Waals surface area contributed by atoms with Crippen LogP contribution in [0, 0.1) is 12.8 Å². The number of furan rings is 1. The van der Waals surface area contributed by atoms with E-state index in [1.54, 1.807) is 0 Å². The Labute approximate surface area is 129 Å². The molecule has 2 aromatic heterocycles. The fraction of sp³-hybridized carbons (Fsp3) is 0.562. The summed E-state index contributed by atoms with van der Waals surface area (Å²) in [4.78, 5) is 0. The van der Waals surface area contributed by atoms with Gasteiger partial charge in [-0.05, 0) is 38.3 Å². The van der Waals surface area contributed by atoms with E-state index in [2.05, 4.69) is 12.0 Å². The molecule has 1 fully saturated rings. The van der Waals surface area contributed by atoms with E-state index in [1.807, 2.05) is 30.7 Å². The Hall–Kier alpha value is -1.26. The number of halogens is 1. The van der Waals surface area contributed by atoms with Crippen LogP contribution in [0.3, 0.4) is 0 Å². The first-order chi connectivity index (χ1) is 10.0. The molecule has 2 heterocycles. The van der Waals surface area contributed by atoms with Gasteiger partial charge in [-0.2, -0.15) is 5.10 Å². The van der Waals surface area contributed by atoms with Crippen molar-refractivity contribution in [2.75, 3.05) is 0 Å². The molecule has 3 atom stereocenters. The lowest BCUT2D eigenvalue weighted by Gasteiger charge is -2.10. The molecule has 4 nitrogen and oxygen atoms in total. The predicted molar refractivity (Wildman–Crippen MR) is 81.5 cm³/mol. The summed E-state index contributed by atoms with van der Waals surface area (Å²) in [5.74, 6) is 2.82. The molecule has 2 aromatic rings. The smallest absolute Gasteiger partial charge is 0.133 e. The number of rotatable bonds is 5. The van der Waals surface area contributed by atoms with Gasteiger partial charge in [0.15, 0.2) is 0 Å². The minimum Gasteiger partial charge on any atom is -0.463 e. The van der Waals surface area contributed by atoms with Crippen LogP contribution in [-0.2, 0) is 13.0 Å². The lowest BCUT2D eigenvalue weighted by molar-refractivity contribution is 0.145. The molecule has 0 saturated heterocycles. The summed E-state index contributed by atoms with van der Waals surface area (Å²) in [7, 11) is 0. The number of aliphatic hydroxyl groups is 1. The highest BCUT2D eigenvalue weighted by atomic mass is 35.5. The lowest BCUT2D eigenvalue weighted by Crippen LogP contribution is -2.08. The molecule has 0 radical (unpaired) electrons. The van der Waals surface area contributed by atoms with Crippen molar-refractivity contribution >= 4 is 11.6 Å². The largest absolute Gasteiger partial charge is 0.463 e. The zero-order valence-corrected chi connectivity index (χ0v) is 13.4. The van der Waals surface area contributed by atoms with Gasteiger partial charge >= 0.3 is 0 Å². The van der Waals surface area contributed by atoms with E-state index >= 15 is 0 Å². The van der Waals surface area contributed by atoms with Crippen LogP contribution in [0.4, 0.5) is 0 Å². The summed E-state index contributed by atoms with van der Waals surface area (Å²) in [5.41, 5.74) is 1.66. The first-order valence-corrected chi connectivity index (χ1v) is 7.88. The average Bonchev–Trinajstić information content (AvgIpc) is 2.90. The third kappa shape index (κ3) is 2.74. The van der Waals surface area contributed by atoms with Gasteiger partial charge in [0.05, 0.1) is 16.4 Å². The molecule has 0 spiro atoms. The standard InChI is InChI=1S/C16H21ClN2O2/c1-4-19-12(16(17)10(3)18-19)8-13(20)15-6-5-14(21-15)11-7-9(11)2/h5-6,9,11,13,20H,4,7-8H2,1-3H3. The average molecular weight is 309 g/mol. The topological polar surface area (TPSA) is 51.2 Å². The van der Waals surface area contributed by atoms with Gasteiger partial charge < -0.3 is 9.52 Å². The van der Waals surface area contributed by atoms with Crippen molar-refractivity contribution in [3.8, 4) is 0 Å². The van der Waals surface area contributed by atoms with E-state index in [0.29, 0.717) is 29.0 Å². The molecule has 1 aliphatic rings. The Morgan fingerprint density at radius 2 is 2.24 bits per heavy atom. The third-order valence-electron chi connectivity index (χ3n) is 4.29. The highest BCUT2D eigenvalue weighted by Crippen LogP contribution is 2.47. The number of nitrogens with zero attached hydrogens (tertiary/aromatic N) is 2. The second kappa shape index (κ2) is 5.50. The lowest BCUT2D eigenvalue weighted by atomic mass is 10.1. The number of aliphatic hydroxyl groups excluding tert-OH is 1. The van der Waals surface area contributed by atoms with Crippen LogP contribution in [0.1, 0.15) is 55.2 Å². The van der Waals surface area contributed by atoms with Crippen molar-refractivity contribution in [3.05, 3.63) is 40.1 Å². The first kappa shape index (κ1) is 14.7. The minimum absolute atomic E-state index is 0.417. The summed E-state index contributed by atoms with van der Waals surface area (Å²) >= 11 is 6.28. The Kier molecular flexibility index (Phi) is 3.84. The first-order valence-electron chi connectivity index (χ1n) is 7.50. The summed E-state index contributed by atoms with van der Waals surface area (Å²) in [5, 5.41) is 15.4. The minimum atomic E-state index is -0.688. The molecule has 0 aromatic carbocycles. The zero-order chi connectivity index (χ0) is 15.1. The van der Waals surface area contributed by atoms with Gasteiger partial charge in [-0.1, -0.05) is 18.5 Å². The summed E-state index contributed by atoms with van der Waals surface area (Å²) in [6.45, 7) is 6.84. The quantitative estimate of drug-likeness (QED) is 0.912. The van der Waals surface area contributed by atoms with Crippen LogP contribution in [0.2, 0.25) is 5.02 Å². The molecule has 3 unspecified atom stereocenters. The maximum absolute atomic E-state index is 10.4. The molecular formula is C16H21ClN2O2. The fourth-order valence-electron chi connectivity index (χ4n) is 2.81. The molecule has 114 valence electrons. The van der Waals surface area contributed by atoms with E-state index in [4.69, 9.17) is 16.0 Å². The van der Waals surface area contributed by atoms with Crippen molar-refractivity contribution in [1.29, 1.82) is 0 Å². The van der Waals surface area contributed by atoms with Crippen LogP contribution in [0.15, 0.2) is 16.5 Å². The molecule has 3 rings (SSSR count). The molecule has 0 amide bonds. The zero-order valence-electron chi connectivity index (χ0n) is 12.6. The molecular weight excluding hydrogens is 288 g/mol. The van der Waals surface area contributed by atoms with Crippen molar-refractivity contribution < 1.29 is 9.52 Å². The van der Waals surface area contributed by atoms with Crippen LogP contribution in [0.5, 0.6) is 0 Å². The van der Waals surface area contributed by atoms with Crippen molar-refractivity contribution in [2.45, 2.75) is 52.2 Å². The van der Waals surface area contributed by atoms with Crippen molar-refractivity contribution in [1.82, 2.24) is 9.78 Å². The molecule has 5 heteroatoms. The maximum atomic E-state index is 10.4. The summed E-state index contributed by atoms with van der Waals surface area (Å²) in [6.07, 6.45) is 0.906. The summed E-state index contributed by atoms with van der Waals surface area (Å²) < 4.78 is 7.65. The predicted octanol–water partition coefficient (Wildman–Crippen LogP) is 3.86. The van der Waals surface area contributed by atoms with Gasteiger partial charge in [-0.15, -0.1) is 0 Å². The molecule has 1 saturated carbocycles.